The number of methoxy groups -OCH3 is 1. The summed E-state index contributed by atoms with van der Waals surface area (Å²) < 4.78 is 19.6. The third kappa shape index (κ3) is 6.18. The van der Waals surface area contributed by atoms with E-state index in [-0.39, 0.29) is 35.9 Å². The van der Waals surface area contributed by atoms with Crippen molar-refractivity contribution in [2.75, 3.05) is 12.4 Å². The van der Waals surface area contributed by atoms with Gasteiger partial charge in [-0.25, -0.2) is 14.4 Å². The van der Waals surface area contributed by atoms with Gasteiger partial charge in [0.1, 0.15) is 11.8 Å². The second kappa shape index (κ2) is 10.7. The Balaban J connectivity index is 1.42. The van der Waals surface area contributed by atoms with Gasteiger partial charge < -0.3 is 20.4 Å². The van der Waals surface area contributed by atoms with Gasteiger partial charge in [-0.05, 0) is 49.8 Å². The fraction of sp³-hybridized carbons (Fsp3) is 0.458. The Bertz CT molecular complexity index is 1210. The van der Waals surface area contributed by atoms with E-state index in [1.807, 2.05) is 0 Å². The average Bonchev–Trinajstić information content (AvgIpc) is 3.25. The number of fused-ring (bicyclic) bond motifs is 1. The molecule has 0 spiro atoms. The molecule has 4 atom stereocenters. The highest BCUT2D eigenvalue weighted by atomic mass is 31.0. The quantitative estimate of drug-likeness (QED) is 0.404. The van der Waals surface area contributed by atoms with Crippen molar-refractivity contribution < 1.29 is 18.7 Å². The summed E-state index contributed by atoms with van der Waals surface area (Å²) >= 11 is 0. The van der Waals surface area contributed by atoms with Crippen LogP contribution in [0.3, 0.4) is 0 Å². The van der Waals surface area contributed by atoms with Gasteiger partial charge >= 0.3 is 0 Å². The monoisotopic (exact) mass is 500 g/mol. The number of rotatable bonds is 8. The lowest BCUT2D eigenvalue weighted by Gasteiger charge is -2.27. The molecule has 2 unspecified atom stereocenters. The van der Waals surface area contributed by atoms with Gasteiger partial charge in [-0.15, -0.1) is 0 Å². The molecule has 1 saturated carbocycles. The topological polar surface area (TPSA) is 122 Å². The zero-order chi connectivity index (χ0) is 25.0. The van der Waals surface area contributed by atoms with Crippen molar-refractivity contribution in [2.45, 2.75) is 57.1 Å². The van der Waals surface area contributed by atoms with E-state index >= 15 is 0 Å². The highest BCUT2D eigenvalue weighted by molar-refractivity contribution is 7.18. The molecule has 11 heteroatoms. The summed E-state index contributed by atoms with van der Waals surface area (Å²) in [5.74, 6) is -0.234. The van der Waals surface area contributed by atoms with Gasteiger partial charge in [0.15, 0.2) is 11.1 Å². The maximum Gasteiger partial charge on any atom is 0.272 e. The molecule has 9 nitrogen and oxygen atoms in total. The van der Waals surface area contributed by atoms with E-state index in [1.165, 1.54) is 19.4 Å². The standard InChI is InChI=1S/C24H30FN6O3P/c1-24(25,35)18-9-15(6-7-26-18)11-28-23(33)22-21-20(29-13-30-22)17(12-27-21)31-19(32)10-14-4-3-5-16(8-14)34-2/h6-7,9,12-14,16,27H,3-5,8,10-11,35H2,1-2H3,(H,28,33)(H,31,32)/t14-,16+,24?/m0/s1. The number of anilines is 1. The number of nitrogens with zero attached hydrogens (tertiary/aromatic N) is 3. The molecule has 4 rings (SSSR count). The highest BCUT2D eigenvalue weighted by Gasteiger charge is 2.25. The molecule has 2 amide bonds. The zero-order valence-electron chi connectivity index (χ0n) is 19.8. The molecule has 0 aliphatic heterocycles. The summed E-state index contributed by atoms with van der Waals surface area (Å²) in [6, 6.07) is 3.31. The first-order valence-electron chi connectivity index (χ1n) is 11.6. The normalized spacial score (nSPS) is 19.8. The molecule has 3 aromatic heterocycles. The molecule has 0 radical (unpaired) electrons. The number of aromatic amines is 1. The Hall–Kier alpha value is -2.97. The Kier molecular flexibility index (Phi) is 7.72. The van der Waals surface area contributed by atoms with Gasteiger partial charge in [0.05, 0.1) is 23.0 Å². The Morgan fingerprint density at radius 2 is 2.14 bits per heavy atom. The van der Waals surface area contributed by atoms with E-state index in [9.17, 15) is 14.0 Å². The van der Waals surface area contributed by atoms with Crippen molar-refractivity contribution in [3.8, 4) is 0 Å². The molecule has 3 heterocycles. The molecule has 1 aliphatic rings. The number of hydrogen-bond donors (Lipinski definition) is 3. The number of hydrogen-bond acceptors (Lipinski definition) is 6. The predicted octanol–water partition coefficient (Wildman–Crippen LogP) is 3.83. The SMILES string of the molecule is CO[C@@H]1CCC[C@H](CC(=O)Nc2c[nH]c3c(C(=O)NCc4ccnc(C(C)(F)P)c4)ncnc23)C1. The largest absolute Gasteiger partial charge is 0.381 e. The van der Waals surface area contributed by atoms with Crippen LogP contribution >= 0.6 is 9.24 Å². The number of aromatic nitrogens is 4. The van der Waals surface area contributed by atoms with Crippen LogP contribution in [0, 0.1) is 5.92 Å². The van der Waals surface area contributed by atoms with Gasteiger partial charge in [-0.3, -0.25) is 14.6 Å². The maximum atomic E-state index is 14.2. The van der Waals surface area contributed by atoms with Crippen molar-refractivity contribution in [1.29, 1.82) is 0 Å². The number of pyridine rings is 1. The number of nitrogens with one attached hydrogen (secondary N) is 3. The van der Waals surface area contributed by atoms with Crippen LogP contribution in [0.1, 0.15) is 60.8 Å². The number of ether oxygens (including phenoxy) is 1. The lowest BCUT2D eigenvalue weighted by Crippen LogP contribution is -2.25. The second-order valence-corrected chi connectivity index (χ2v) is 10.2. The summed E-state index contributed by atoms with van der Waals surface area (Å²) in [6.07, 6.45) is 9.01. The van der Waals surface area contributed by atoms with Gasteiger partial charge in [0.2, 0.25) is 5.91 Å². The van der Waals surface area contributed by atoms with Gasteiger partial charge in [-0.2, -0.15) is 0 Å². The molecule has 3 N–H and O–H groups in total. The Morgan fingerprint density at radius 1 is 1.31 bits per heavy atom. The molecule has 0 aromatic carbocycles. The smallest absolute Gasteiger partial charge is 0.272 e. The number of carbonyl (C=O) groups excluding carboxylic acids is 2. The second-order valence-electron chi connectivity index (χ2n) is 9.10. The van der Waals surface area contributed by atoms with Crippen molar-refractivity contribution >= 4 is 37.8 Å². The predicted molar refractivity (Wildman–Crippen MR) is 133 cm³/mol. The molecule has 0 saturated heterocycles. The van der Waals surface area contributed by atoms with Crippen LogP contribution in [-0.4, -0.2) is 45.0 Å². The van der Waals surface area contributed by atoms with Crippen molar-refractivity contribution in [2.24, 2.45) is 5.92 Å². The van der Waals surface area contributed by atoms with E-state index < -0.39 is 11.3 Å². The van der Waals surface area contributed by atoms with Crippen LogP contribution in [0.4, 0.5) is 10.1 Å². The molecular weight excluding hydrogens is 470 g/mol. The molecule has 3 aromatic rings. The minimum Gasteiger partial charge on any atom is -0.381 e. The lowest BCUT2D eigenvalue weighted by atomic mass is 9.85. The highest BCUT2D eigenvalue weighted by Crippen LogP contribution is 2.31. The van der Waals surface area contributed by atoms with Crippen LogP contribution in [0.5, 0.6) is 0 Å². The summed E-state index contributed by atoms with van der Waals surface area (Å²) in [7, 11) is 3.82. The number of halogens is 1. The van der Waals surface area contributed by atoms with E-state index in [4.69, 9.17) is 4.74 Å². The molecule has 186 valence electrons. The lowest BCUT2D eigenvalue weighted by molar-refractivity contribution is -0.117. The van der Waals surface area contributed by atoms with Crippen LogP contribution in [-0.2, 0) is 21.5 Å². The average molecular weight is 501 g/mol. The first kappa shape index (κ1) is 25.1. The van der Waals surface area contributed by atoms with Crippen LogP contribution in [0.25, 0.3) is 11.0 Å². The fourth-order valence-electron chi connectivity index (χ4n) is 4.43. The van der Waals surface area contributed by atoms with Crippen LogP contribution in [0.15, 0.2) is 30.9 Å². The van der Waals surface area contributed by atoms with Gasteiger partial charge in [0.25, 0.3) is 5.91 Å². The zero-order valence-corrected chi connectivity index (χ0v) is 21.0. The Morgan fingerprint density at radius 3 is 2.91 bits per heavy atom. The van der Waals surface area contributed by atoms with Gasteiger partial charge in [0, 0.05) is 32.5 Å². The molecule has 1 fully saturated rings. The molecule has 35 heavy (non-hydrogen) atoms. The first-order valence-corrected chi connectivity index (χ1v) is 12.2. The van der Waals surface area contributed by atoms with Crippen LogP contribution < -0.4 is 10.6 Å². The summed E-state index contributed by atoms with van der Waals surface area (Å²) in [4.78, 5) is 40.9. The van der Waals surface area contributed by atoms with E-state index in [0.717, 1.165) is 25.7 Å². The minimum atomic E-state index is -1.66. The summed E-state index contributed by atoms with van der Waals surface area (Å²) in [5, 5.41) is 4.05. The number of carbonyl (C=O) groups is 2. The van der Waals surface area contributed by atoms with E-state index in [1.54, 1.807) is 25.4 Å². The van der Waals surface area contributed by atoms with Crippen LogP contribution in [0.2, 0.25) is 0 Å². The summed E-state index contributed by atoms with van der Waals surface area (Å²) in [6.45, 7) is 1.57. The fourth-order valence-corrected chi connectivity index (χ4v) is 4.59. The molecule has 0 bridgehead atoms. The van der Waals surface area contributed by atoms with E-state index in [0.29, 0.717) is 28.7 Å². The summed E-state index contributed by atoms with van der Waals surface area (Å²) in [5.41, 5.74) is 2.50. The first-order chi connectivity index (χ1) is 16.7. The third-order valence-electron chi connectivity index (χ3n) is 6.27. The van der Waals surface area contributed by atoms with Crippen molar-refractivity contribution in [3.05, 3.63) is 47.8 Å². The van der Waals surface area contributed by atoms with Gasteiger partial charge in [-0.1, -0.05) is 15.7 Å². The molecule has 1 aliphatic carbocycles. The minimum absolute atomic E-state index is 0.0975. The number of H-pyrrole nitrogens is 1. The number of amides is 2. The number of alkyl halides is 1. The maximum absolute atomic E-state index is 14.2. The van der Waals surface area contributed by atoms with E-state index in [2.05, 4.69) is 39.8 Å². The van der Waals surface area contributed by atoms with Crippen molar-refractivity contribution in [3.63, 3.8) is 0 Å². The Labute approximate surface area is 205 Å². The molecular formula is C24H30FN6O3P. The van der Waals surface area contributed by atoms with Crippen molar-refractivity contribution in [1.82, 2.24) is 25.3 Å². The third-order valence-corrected chi connectivity index (χ3v) is 6.57.